The second kappa shape index (κ2) is 6.32. The van der Waals surface area contributed by atoms with Crippen LogP contribution in [0.2, 0.25) is 0 Å². The number of benzene rings is 1. The molecule has 0 saturated heterocycles. The summed E-state index contributed by atoms with van der Waals surface area (Å²) >= 11 is 0. The molecular formula is C15H18N4O2. The van der Waals surface area contributed by atoms with Gasteiger partial charge in [0, 0.05) is 11.8 Å². The fourth-order valence-corrected chi connectivity index (χ4v) is 2.14. The van der Waals surface area contributed by atoms with E-state index in [1.54, 1.807) is 11.5 Å². The predicted molar refractivity (Wildman–Crippen MR) is 79.5 cm³/mol. The van der Waals surface area contributed by atoms with Gasteiger partial charge in [0.2, 0.25) is 5.91 Å². The van der Waals surface area contributed by atoms with Gasteiger partial charge in [-0.3, -0.25) is 19.6 Å². The summed E-state index contributed by atoms with van der Waals surface area (Å²) in [4.78, 5) is 27.5. The third-order valence-corrected chi connectivity index (χ3v) is 3.22. The summed E-state index contributed by atoms with van der Waals surface area (Å²) < 4.78 is 1.62. The molecule has 0 spiro atoms. The van der Waals surface area contributed by atoms with Crippen LogP contribution in [-0.4, -0.2) is 15.5 Å². The molecule has 0 radical (unpaired) electrons. The van der Waals surface area contributed by atoms with E-state index in [1.807, 2.05) is 31.2 Å². The molecule has 1 amide bonds. The highest BCUT2D eigenvalue weighted by molar-refractivity contribution is 5.77. The van der Waals surface area contributed by atoms with Crippen LogP contribution in [0.3, 0.4) is 0 Å². The van der Waals surface area contributed by atoms with Crippen molar-refractivity contribution in [3.63, 3.8) is 0 Å². The van der Waals surface area contributed by atoms with Crippen molar-refractivity contribution in [3.8, 4) is 0 Å². The summed E-state index contributed by atoms with van der Waals surface area (Å²) in [5, 5.41) is 0. The molecule has 1 aromatic carbocycles. The molecule has 6 heteroatoms. The van der Waals surface area contributed by atoms with E-state index in [9.17, 15) is 9.59 Å². The fraction of sp³-hybridized carbons (Fsp3) is 0.267. The van der Waals surface area contributed by atoms with Crippen LogP contribution in [0.5, 0.6) is 0 Å². The Morgan fingerprint density at radius 1 is 1.24 bits per heavy atom. The number of aryl methyl sites for hydroxylation is 2. The highest BCUT2D eigenvalue weighted by atomic mass is 16.2. The lowest BCUT2D eigenvalue weighted by Gasteiger charge is -2.10. The number of hydrogen-bond donors (Lipinski definition) is 2. The number of nitrogens with zero attached hydrogens (tertiary/aromatic N) is 2. The van der Waals surface area contributed by atoms with Crippen LogP contribution in [0.4, 0.5) is 0 Å². The van der Waals surface area contributed by atoms with Gasteiger partial charge < -0.3 is 0 Å². The molecule has 0 aliphatic heterocycles. The van der Waals surface area contributed by atoms with E-state index in [0.29, 0.717) is 12.4 Å². The quantitative estimate of drug-likeness (QED) is 0.485. The smallest absolute Gasteiger partial charge is 0.254 e. The Labute approximate surface area is 122 Å². The number of hydrazine groups is 1. The molecular weight excluding hydrogens is 268 g/mol. The van der Waals surface area contributed by atoms with Gasteiger partial charge in [-0.15, -0.1) is 0 Å². The fourth-order valence-electron chi connectivity index (χ4n) is 2.14. The lowest BCUT2D eigenvalue weighted by atomic mass is 10.1. The predicted octanol–water partition coefficient (Wildman–Crippen LogP) is 0.441. The molecule has 0 atom stereocenters. The zero-order chi connectivity index (χ0) is 15.4. The Morgan fingerprint density at radius 3 is 2.43 bits per heavy atom. The second-order valence-corrected chi connectivity index (χ2v) is 4.93. The van der Waals surface area contributed by atoms with E-state index < -0.39 is 0 Å². The van der Waals surface area contributed by atoms with E-state index in [0.717, 1.165) is 16.8 Å². The molecule has 110 valence electrons. The highest BCUT2D eigenvalue weighted by Gasteiger charge is 2.05. The van der Waals surface area contributed by atoms with Gasteiger partial charge in [-0.2, -0.15) is 0 Å². The number of carbonyl (C=O) groups is 1. The van der Waals surface area contributed by atoms with Crippen molar-refractivity contribution in [2.24, 2.45) is 5.84 Å². The van der Waals surface area contributed by atoms with Crippen LogP contribution in [0.15, 0.2) is 35.1 Å². The van der Waals surface area contributed by atoms with Gasteiger partial charge in [-0.05, 0) is 25.0 Å². The molecule has 0 aliphatic rings. The molecule has 1 heterocycles. The largest absolute Gasteiger partial charge is 0.294 e. The van der Waals surface area contributed by atoms with Gasteiger partial charge >= 0.3 is 0 Å². The normalized spacial score (nSPS) is 10.4. The first-order chi connectivity index (χ1) is 9.99. The van der Waals surface area contributed by atoms with Crippen LogP contribution >= 0.6 is 0 Å². The number of aromatic nitrogens is 2. The molecule has 0 fully saturated rings. The maximum Gasteiger partial charge on any atom is 0.254 e. The monoisotopic (exact) mass is 286 g/mol. The van der Waals surface area contributed by atoms with Crippen LogP contribution in [-0.2, 0) is 17.8 Å². The van der Waals surface area contributed by atoms with E-state index in [1.165, 1.54) is 6.07 Å². The van der Waals surface area contributed by atoms with E-state index >= 15 is 0 Å². The van der Waals surface area contributed by atoms with Gasteiger partial charge in [0.15, 0.2) is 0 Å². The summed E-state index contributed by atoms with van der Waals surface area (Å²) in [6.45, 7) is 4.08. The molecule has 2 rings (SSSR count). The van der Waals surface area contributed by atoms with Crippen molar-refractivity contribution in [1.29, 1.82) is 0 Å². The summed E-state index contributed by atoms with van der Waals surface area (Å²) in [7, 11) is 0. The maximum atomic E-state index is 12.0. The summed E-state index contributed by atoms with van der Waals surface area (Å²) in [5.74, 6) is 5.50. The van der Waals surface area contributed by atoms with E-state index in [-0.39, 0.29) is 17.9 Å². The third kappa shape index (κ3) is 3.76. The first-order valence-electron chi connectivity index (χ1n) is 6.62. The van der Waals surface area contributed by atoms with Crippen LogP contribution in [0.25, 0.3) is 0 Å². The van der Waals surface area contributed by atoms with Crippen molar-refractivity contribution in [3.05, 3.63) is 63.3 Å². The second-order valence-electron chi connectivity index (χ2n) is 4.93. The average molecular weight is 286 g/mol. The van der Waals surface area contributed by atoms with Crippen LogP contribution < -0.4 is 16.8 Å². The Bertz CT molecular complexity index is 705. The van der Waals surface area contributed by atoms with Gasteiger partial charge in [-0.1, -0.05) is 24.3 Å². The lowest BCUT2D eigenvalue weighted by Crippen LogP contribution is -2.31. The molecule has 2 aromatic rings. The van der Waals surface area contributed by atoms with Crippen molar-refractivity contribution >= 4 is 5.91 Å². The van der Waals surface area contributed by atoms with Gasteiger partial charge in [0.1, 0.15) is 5.82 Å². The molecule has 0 aliphatic carbocycles. The molecule has 1 aromatic heterocycles. The van der Waals surface area contributed by atoms with E-state index in [2.05, 4.69) is 10.4 Å². The molecule has 0 unspecified atom stereocenters. The first kappa shape index (κ1) is 14.9. The van der Waals surface area contributed by atoms with Crippen molar-refractivity contribution in [2.45, 2.75) is 26.8 Å². The Hall–Kier alpha value is -2.47. The molecule has 3 N–H and O–H groups in total. The SMILES string of the molecule is Cc1cc(=O)n(Cc2ccc(CC(=O)NN)cc2)c(C)n1. The van der Waals surface area contributed by atoms with Crippen LogP contribution in [0.1, 0.15) is 22.6 Å². The van der Waals surface area contributed by atoms with Crippen LogP contribution in [0, 0.1) is 13.8 Å². The van der Waals surface area contributed by atoms with Crippen molar-refractivity contribution < 1.29 is 4.79 Å². The number of nitrogens with one attached hydrogen (secondary N) is 1. The minimum Gasteiger partial charge on any atom is -0.294 e. The summed E-state index contributed by atoms with van der Waals surface area (Å²) in [6, 6.07) is 9.02. The molecule has 6 nitrogen and oxygen atoms in total. The molecule has 21 heavy (non-hydrogen) atoms. The number of rotatable bonds is 4. The average Bonchev–Trinajstić information content (AvgIpc) is 2.44. The number of hydrogen-bond acceptors (Lipinski definition) is 4. The molecule has 0 bridgehead atoms. The zero-order valence-electron chi connectivity index (χ0n) is 12.1. The zero-order valence-corrected chi connectivity index (χ0v) is 12.1. The standard InChI is InChI=1S/C15H18N4O2/c1-10-7-15(21)19(11(2)17-10)9-13-5-3-12(4-6-13)8-14(20)18-16/h3-7H,8-9,16H2,1-2H3,(H,18,20). The minimum absolute atomic E-state index is 0.0633. The van der Waals surface area contributed by atoms with Gasteiger partial charge in [0.25, 0.3) is 5.56 Å². The number of amides is 1. The highest BCUT2D eigenvalue weighted by Crippen LogP contribution is 2.07. The topological polar surface area (TPSA) is 90.0 Å². The van der Waals surface area contributed by atoms with Crippen molar-refractivity contribution in [1.82, 2.24) is 15.0 Å². The lowest BCUT2D eigenvalue weighted by molar-refractivity contribution is -0.120. The third-order valence-electron chi connectivity index (χ3n) is 3.22. The number of carbonyl (C=O) groups excluding carboxylic acids is 1. The Morgan fingerprint density at radius 2 is 1.86 bits per heavy atom. The Kier molecular flexibility index (Phi) is 4.49. The van der Waals surface area contributed by atoms with Gasteiger partial charge in [-0.25, -0.2) is 10.8 Å². The van der Waals surface area contributed by atoms with Crippen molar-refractivity contribution in [2.75, 3.05) is 0 Å². The van der Waals surface area contributed by atoms with E-state index in [4.69, 9.17) is 5.84 Å². The summed E-state index contributed by atoms with van der Waals surface area (Å²) in [5.41, 5.74) is 4.59. The molecule has 0 saturated carbocycles. The number of nitrogens with two attached hydrogens (primary N) is 1. The summed E-state index contributed by atoms with van der Waals surface area (Å²) in [6.07, 6.45) is 0.238. The van der Waals surface area contributed by atoms with Gasteiger partial charge in [0.05, 0.1) is 13.0 Å². The minimum atomic E-state index is -0.238. The first-order valence-corrected chi connectivity index (χ1v) is 6.62. The maximum absolute atomic E-state index is 12.0. The Balaban J connectivity index is 2.18.